The minimum atomic E-state index is -0.193. The van der Waals surface area contributed by atoms with Crippen LogP contribution in [-0.4, -0.2) is 92.2 Å². The van der Waals surface area contributed by atoms with Crippen molar-refractivity contribution in [3.63, 3.8) is 0 Å². The Morgan fingerprint density at radius 3 is 2.07 bits per heavy atom. The summed E-state index contributed by atoms with van der Waals surface area (Å²) in [6.07, 6.45) is 6.25. The van der Waals surface area contributed by atoms with Crippen LogP contribution in [0.25, 0.3) is 0 Å². The van der Waals surface area contributed by atoms with Crippen LogP contribution in [-0.2, 0) is 11.3 Å². The second-order valence-electron chi connectivity index (χ2n) is 12.3. The lowest BCUT2D eigenvalue weighted by Gasteiger charge is -2.39. The Hall–Kier alpha value is -3.01. The van der Waals surface area contributed by atoms with E-state index in [1.165, 1.54) is 20.0 Å². The highest BCUT2D eigenvalue weighted by atomic mass is 35.5. The Bertz CT molecular complexity index is 1210. The van der Waals surface area contributed by atoms with Gasteiger partial charge < -0.3 is 35.2 Å². The second kappa shape index (κ2) is 15.1. The number of halogens is 1. The maximum absolute atomic E-state index is 12.9. The molecule has 3 aliphatic rings. The van der Waals surface area contributed by atoms with E-state index in [-0.39, 0.29) is 18.0 Å². The normalized spacial score (nSPS) is 19.7. The van der Waals surface area contributed by atoms with Crippen LogP contribution in [0.1, 0.15) is 54.4 Å². The van der Waals surface area contributed by atoms with E-state index in [4.69, 9.17) is 26.8 Å². The predicted molar refractivity (Wildman–Crippen MR) is 169 cm³/mol. The molecule has 9 nitrogen and oxygen atoms in total. The first-order chi connectivity index (χ1) is 20.9. The van der Waals surface area contributed by atoms with Crippen molar-refractivity contribution >= 4 is 29.3 Å². The number of hydrogen-bond donors (Lipinski definition) is 2. The molecular formula is C33H46ClN5O4. The van der Waals surface area contributed by atoms with Gasteiger partial charge in [-0.1, -0.05) is 41.9 Å². The monoisotopic (exact) mass is 611 g/mol. The van der Waals surface area contributed by atoms with Crippen LogP contribution >= 0.6 is 11.6 Å². The van der Waals surface area contributed by atoms with Gasteiger partial charge in [-0.3, -0.25) is 4.79 Å². The minimum absolute atomic E-state index is 0.142. The quantitative estimate of drug-likeness (QED) is 0.390. The van der Waals surface area contributed by atoms with Crippen LogP contribution < -0.4 is 15.8 Å². The van der Waals surface area contributed by atoms with Crippen LogP contribution in [0.15, 0.2) is 42.5 Å². The topological polar surface area (TPSA) is 100 Å². The number of nitrogens with one attached hydrogen (secondary N) is 1. The molecule has 43 heavy (non-hydrogen) atoms. The van der Waals surface area contributed by atoms with Crippen molar-refractivity contribution in [2.75, 3.05) is 65.2 Å². The molecule has 0 aliphatic carbocycles. The molecule has 0 aromatic heterocycles. The van der Waals surface area contributed by atoms with Crippen LogP contribution in [0.4, 0.5) is 10.5 Å². The van der Waals surface area contributed by atoms with Gasteiger partial charge in [0.15, 0.2) is 0 Å². The maximum atomic E-state index is 12.9. The SMILES string of the molecule is COc1cc(N)c(Cl)cc1C(=O)NC1CCN(CC2CCN(CC3CCN(C(=O)OCc4ccccc4)CC3)CC2)CC1. The number of piperidine rings is 3. The molecule has 0 bridgehead atoms. The van der Waals surface area contributed by atoms with Gasteiger partial charge in [0, 0.05) is 51.4 Å². The van der Waals surface area contributed by atoms with Crippen molar-refractivity contribution in [2.45, 2.75) is 51.2 Å². The van der Waals surface area contributed by atoms with E-state index < -0.39 is 0 Å². The van der Waals surface area contributed by atoms with Crippen molar-refractivity contribution in [2.24, 2.45) is 11.8 Å². The van der Waals surface area contributed by atoms with Crippen LogP contribution in [0, 0.1) is 11.8 Å². The van der Waals surface area contributed by atoms with Gasteiger partial charge in [-0.2, -0.15) is 0 Å². The molecular weight excluding hydrogens is 566 g/mol. The van der Waals surface area contributed by atoms with E-state index in [2.05, 4.69) is 15.1 Å². The zero-order valence-electron chi connectivity index (χ0n) is 25.3. The molecule has 5 rings (SSSR count). The molecule has 3 aliphatic heterocycles. The van der Waals surface area contributed by atoms with E-state index in [1.54, 1.807) is 12.1 Å². The summed E-state index contributed by atoms with van der Waals surface area (Å²) in [7, 11) is 1.53. The predicted octanol–water partition coefficient (Wildman–Crippen LogP) is 4.89. The third-order valence-electron chi connectivity index (χ3n) is 9.30. The molecule has 2 aromatic carbocycles. The van der Waals surface area contributed by atoms with E-state index in [0.29, 0.717) is 34.5 Å². The first-order valence-corrected chi connectivity index (χ1v) is 16.1. The summed E-state index contributed by atoms with van der Waals surface area (Å²) in [5.74, 6) is 1.64. The van der Waals surface area contributed by atoms with Crippen molar-refractivity contribution in [1.82, 2.24) is 20.0 Å². The Kier molecular flexibility index (Phi) is 11.1. The molecule has 0 saturated carbocycles. The van der Waals surface area contributed by atoms with E-state index in [9.17, 15) is 9.59 Å². The van der Waals surface area contributed by atoms with Gasteiger partial charge in [0.25, 0.3) is 5.91 Å². The molecule has 3 N–H and O–H groups in total. The molecule has 2 amide bonds. The van der Waals surface area contributed by atoms with Crippen molar-refractivity contribution in [1.29, 1.82) is 0 Å². The number of carbonyl (C=O) groups excluding carboxylic acids is 2. The zero-order valence-corrected chi connectivity index (χ0v) is 26.1. The second-order valence-corrected chi connectivity index (χ2v) is 12.7. The Labute approximate surface area is 260 Å². The van der Waals surface area contributed by atoms with Crippen LogP contribution in [0.3, 0.4) is 0 Å². The van der Waals surface area contributed by atoms with Gasteiger partial charge in [0.05, 0.1) is 23.4 Å². The number of nitrogens with two attached hydrogens (primary N) is 1. The number of carbonyl (C=O) groups is 2. The van der Waals surface area contributed by atoms with Gasteiger partial charge in [-0.05, 0) is 75.1 Å². The summed E-state index contributed by atoms with van der Waals surface area (Å²) in [5.41, 5.74) is 7.69. The van der Waals surface area contributed by atoms with E-state index in [0.717, 1.165) is 89.5 Å². The van der Waals surface area contributed by atoms with Crippen molar-refractivity contribution < 1.29 is 19.1 Å². The third-order valence-corrected chi connectivity index (χ3v) is 9.63. The first kappa shape index (κ1) is 31.4. The van der Waals surface area contributed by atoms with Gasteiger partial charge in [0.1, 0.15) is 12.4 Å². The summed E-state index contributed by atoms with van der Waals surface area (Å²) < 4.78 is 10.9. The molecule has 234 valence electrons. The summed E-state index contributed by atoms with van der Waals surface area (Å²) in [6, 6.07) is 13.2. The smallest absolute Gasteiger partial charge is 0.410 e. The van der Waals surface area contributed by atoms with Gasteiger partial charge in [-0.25, -0.2) is 4.79 Å². The number of benzene rings is 2. The highest BCUT2D eigenvalue weighted by Crippen LogP contribution is 2.29. The standard InChI is InChI=1S/C33H46ClN5O4/c1-42-31-20-30(35)29(34)19-28(31)32(40)36-27-11-15-38(16-12-27)21-24-7-13-37(14-8-24)22-25-9-17-39(18-10-25)33(41)43-23-26-5-3-2-4-6-26/h2-6,19-20,24-25,27H,7-18,21-23,35H2,1H3,(H,36,40). The van der Waals surface area contributed by atoms with Crippen molar-refractivity contribution in [3.8, 4) is 5.75 Å². The number of amides is 2. The zero-order chi connectivity index (χ0) is 30.2. The average Bonchev–Trinajstić information content (AvgIpc) is 3.03. The van der Waals surface area contributed by atoms with Crippen LogP contribution in [0.5, 0.6) is 5.75 Å². The minimum Gasteiger partial charge on any atom is -0.496 e. The molecule has 0 radical (unpaired) electrons. The van der Waals surface area contributed by atoms with Gasteiger partial charge in [-0.15, -0.1) is 0 Å². The number of nitrogens with zero attached hydrogens (tertiary/aromatic N) is 3. The molecule has 0 atom stereocenters. The van der Waals surface area contributed by atoms with E-state index >= 15 is 0 Å². The number of ether oxygens (including phenoxy) is 2. The highest BCUT2D eigenvalue weighted by Gasteiger charge is 2.29. The molecule has 0 unspecified atom stereocenters. The van der Waals surface area contributed by atoms with Gasteiger partial charge >= 0.3 is 6.09 Å². The fourth-order valence-electron chi connectivity index (χ4n) is 6.63. The average molecular weight is 612 g/mol. The molecule has 3 saturated heterocycles. The lowest BCUT2D eigenvalue weighted by Crippen LogP contribution is -2.47. The van der Waals surface area contributed by atoms with E-state index in [1.807, 2.05) is 35.2 Å². The number of nitrogen functional groups attached to an aromatic ring is 1. The molecule has 2 aromatic rings. The van der Waals surface area contributed by atoms with Gasteiger partial charge in [0.2, 0.25) is 0 Å². The number of hydrogen-bond acceptors (Lipinski definition) is 7. The highest BCUT2D eigenvalue weighted by molar-refractivity contribution is 6.33. The lowest BCUT2D eigenvalue weighted by molar-refractivity contribution is 0.0710. The Balaban J connectivity index is 0.955. The number of methoxy groups -OCH3 is 1. The number of likely N-dealkylation sites (tertiary alicyclic amines) is 3. The fraction of sp³-hybridized carbons (Fsp3) is 0.576. The van der Waals surface area contributed by atoms with Crippen LogP contribution in [0.2, 0.25) is 5.02 Å². The summed E-state index contributed by atoms with van der Waals surface area (Å²) in [4.78, 5) is 32.5. The Morgan fingerprint density at radius 1 is 0.884 bits per heavy atom. The maximum Gasteiger partial charge on any atom is 0.410 e. The largest absolute Gasteiger partial charge is 0.496 e. The first-order valence-electron chi connectivity index (χ1n) is 15.7. The Morgan fingerprint density at radius 2 is 1.47 bits per heavy atom. The molecule has 3 fully saturated rings. The number of rotatable bonds is 9. The fourth-order valence-corrected chi connectivity index (χ4v) is 6.79. The summed E-state index contributed by atoms with van der Waals surface area (Å²) in [5, 5.41) is 3.52. The summed E-state index contributed by atoms with van der Waals surface area (Å²) >= 11 is 6.15. The number of anilines is 1. The summed E-state index contributed by atoms with van der Waals surface area (Å²) in [6.45, 7) is 8.48. The van der Waals surface area contributed by atoms with Crippen molar-refractivity contribution in [3.05, 3.63) is 58.6 Å². The lowest BCUT2D eigenvalue weighted by atomic mass is 9.92. The molecule has 0 spiro atoms. The molecule has 3 heterocycles. The third kappa shape index (κ3) is 8.77. The molecule has 10 heteroatoms.